The largest absolute Gasteiger partial charge is 0.493 e. The molecular formula is C15H22N2O2. The minimum absolute atomic E-state index is 0.195. The minimum atomic E-state index is 0.195. The molecule has 1 aromatic rings. The second-order valence-electron chi connectivity index (χ2n) is 5.16. The van der Waals surface area contributed by atoms with Crippen molar-refractivity contribution >= 4 is 5.91 Å². The van der Waals surface area contributed by atoms with E-state index in [1.54, 1.807) is 0 Å². The van der Waals surface area contributed by atoms with Crippen LogP contribution in [0.5, 0.6) is 5.75 Å². The molecule has 0 bridgehead atoms. The van der Waals surface area contributed by atoms with E-state index in [4.69, 9.17) is 4.74 Å². The van der Waals surface area contributed by atoms with Gasteiger partial charge in [-0.3, -0.25) is 4.79 Å². The first kappa shape index (κ1) is 13.9. The monoisotopic (exact) mass is 262 g/mol. The summed E-state index contributed by atoms with van der Waals surface area (Å²) in [6.45, 7) is 2.16. The van der Waals surface area contributed by atoms with Crippen molar-refractivity contribution in [3.05, 3.63) is 30.3 Å². The Morgan fingerprint density at radius 1 is 1.37 bits per heavy atom. The van der Waals surface area contributed by atoms with Crippen molar-refractivity contribution in [2.45, 2.75) is 18.9 Å². The van der Waals surface area contributed by atoms with Crippen LogP contribution < -0.4 is 4.74 Å². The summed E-state index contributed by atoms with van der Waals surface area (Å²) >= 11 is 0. The molecule has 1 fully saturated rings. The first-order chi connectivity index (χ1) is 9.16. The van der Waals surface area contributed by atoms with Crippen LogP contribution in [-0.4, -0.2) is 55.5 Å². The van der Waals surface area contributed by atoms with E-state index in [1.165, 1.54) is 0 Å². The van der Waals surface area contributed by atoms with Crippen molar-refractivity contribution in [3.8, 4) is 5.75 Å². The maximum Gasteiger partial charge on any atom is 0.226 e. The number of amides is 1. The number of carbonyl (C=O) groups excluding carboxylic acids is 1. The number of hydrogen-bond acceptors (Lipinski definition) is 3. The summed E-state index contributed by atoms with van der Waals surface area (Å²) in [5.74, 6) is 1.02. The number of likely N-dealkylation sites (tertiary alicyclic amines) is 1. The lowest BCUT2D eigenvalue weighted by Gasteiger charge is -2.20. The maximum atomic E-state index is 12.0. The second kappa shape index (κ2) is 6.57. The smallest absolute Gasteiger partial charge is 0.226 e. The third kappa shape index (κ3) is 3.96. The predicted molar refractivity (Wildman–Crippen MR) is 75.2 cm³/mol. The highest BCUT2D eigenvalue weighted by molar-refractivity contribution is 5.76. The van der Waals surface area contributed by atoms with Gasteiger partial charge in [-0.25, -0.2) is 0 Å². The van der Waals surface area contributed by atoms with Crippen molar-refractivity contribution in [2.75, 3.05) is 33.8 Å². The summed E-state index contributed by atoms with van der Waals surface area (Å²) in [5.41, 5.74) is 0. The summed E-state index contributed by atoms with van der Waals surface area (Å²) in [6.07, 6.45) is 1.52. The summed E-state index contributed by atoms with van der Waals surface area (Å²) in [4.78, 5) is 16.2. The Bertz CT molecular complexity index is 406. The summed E-state index contributed by atoms with van der Waals surface area (Å²) < 4.78 is 5.55. The summed E-state index contributed by atoms with van der Waals surface area (Å²) in [7, 11) is 4.13. The standard InChI is InChI=1S/C15H22N2O2/c1-16(2)13-8-10-17(12-13)15(18)9-11-19-14-6-4-3-5-7-14/h3-7,13H,8-12H2,1-2H3. The molecule has 1 atom stereocenters. The molecule has 0 saturated carbocycles. The van der Waals surface area contributed by atoms with Gasteiger partial charge in [-0.2, -0.15) is 0 Å². The molecule has 0 spiro atoms. The average Bonchev–Trinajstić information content (AvgIpc) is 2.89. The molecule has 0 N–H and O–H groups in total. The first-order valence-electron chi connectivity index (χ1n) is 6.79. The molecule has 19 heavy (non-hydrogen) atoms. The van der Waals surface area contributed by atoms with Crippen molar-refractivity contribution < 1.29 is 9.53 Å². The van der Waals surface area contributed by atoms with E-state index in [1.807, 2.05) is 35.2 Å². The number of rotatable bonds is 5. The van der Waals surface area contributed by atoms with E-state index in [-0.39, 0.29) is 5.91 Å². The third-order valence-electron chi connectivity index (χ3n) is 3.57. The van der Waals surface area contributed by atoms with Crippen molar-refractivity contribution in [2.24, 2.45) is 0 Å². The van der Waals surface area contributed by atoms with Crippen LogP contribution in [-0.2, 0) is 4.79 Å². The number of carbonyl (C=O) groups is 1. The number of likely N-dealkylation sites (N-methyl/N-ethyl adjacent to an activating group) is 1. The molecule has 1 unspecified atom stereocenters. The number of hydrogen-bond donors (Lipinski definition) is 0. The van der Waals surface area contributed by atoms with Crippen LogP contribution in [0.1, 0.15) is 12.8 Å². The van der Waals surface area contributed by atoms with Gasteiger partial charge in [-0.1, -0.05) is 18.2 Å². The first-order valence-corrected chi connectivity index (χ1v) is 6.79. The molecule has 1 saturated heterocycles. The Morgan fingerprint density at radius 2 is 2.11 bits per heavy atom. The Hall–Kier alpha value is -1.55. The summed E-state index contributed by atoms with van der Waals surface area (Å²) in [5, 5.41) is 0. The molecule has 2 rings (SSSR count). The molecule has 1 amide bonds. The Labute approximate surface area is 115 Å². The van der Waals surface area contributed by atoms with Crippen LogP contribution in [0.2, 0.25) is 0 Å². The van der Waals surface area contributed by atoms with Crippen LogP contribution in [0, 0.1) is 0 Å². The van der Waals surface area contributed by atoms with Gasteiger partial charge in [0, 0.05) is 19.1 Å². The van der Waals surface area contributed by atoms with E-state index in [2.05, 4.69) is 19.0 Å². The van der Waals surface area contributed by atoms with Crippen molar-refractivity contribution in [1.29, 1.82) is 0 Å². The van der Waals surface area contributed by atoms with E-state index >= 15 is 0 Å². The van der Waals surface area contributed by atoms with Gasteiger partial charge in [0.15, 0.2) is 0 Å². The highest BCUT2D eigenvalue weighted by Crippen LogP contribution is 2.14. The quantitative estimate of drug-likeness (QED) is 0.808. The average molecular weight is 262 g/mol. The van der Waals surface area contributed by atoms with Crippen LogP contribution in [0.15, 0.2) is 30.3 Å². The van der Waals surface area contributed by atoms with Gasteiger partial charge in [0.1, 0.15) is 5.75 Å². The topological polar surface area (TPSA) is 32.8 Å². The SMILES string of the molecule is CN(C)C1CCN(C(=O)CCOc2ccccc2)C1. The molecule has 4 nitrogen and oxygen atoms in total. The number of benzene rings is 1. The lowest BCUT2D eigenvalue weighted by atomic mass is 10.2. The molecule has 4 heteroatoms. The zero-order valence-corrected chi connectivity index (χ0v) is 11.7. The van der Waals surface area contributed by atoms with E-state index in [9.17, 15) is 4.79 Å². The zero-order chi connectivity index (χ0) is 13.7. The van der Waals surface area contributed by atoms with Gasteiger partial charge in [-0.05, 0) is 32.6 Å². The van der Waals surface area contributed by atoms with Crippen LogP contribution in [0.25, 0.3) is 0 Å². The van der Waals surface area contributed by atoms with E-state index in [0.29, 0.717) is 19.1 Å². The van der Waals surface area contributed by atoms with Gasteiger partial charge in [-0.15, -0.1) is 0 Å². The molecule has 1 aliphatic heterocycles. The fourth-order valence-corrected chi connectivity index (χ4v) is 2.32. The van der Waals surface area contributed by atoms with Gasteiger partial charge in [0.05, 0.1) is 13.0 Å². The Morgan fingerprint density at radius 3 is 2.74 bits per heavy atom. The van der Waals surface area contributed by atoms with Gasteiger partial charge < -0.3 is 14.5 Å². The lowest BCUT2D eigenvalue weighted by Crippen LogP contribution is -2.34. The molecule has 0 aliphatic carbocycles. The molecule has 0 aromatic heterocycles. The van der Waals surface area contributed by atoms with Crippen LogP contribution >= 0.6 is 0 Å². The highest BCUT2D eigenvalue weighted by atomic mass is 16.5. The third-order valence-corrected chi connectivity index (χ3v) is 3.57. The number of ether oxygens (including phenoxy) is 1. The molecule has 0 radical (unpaired) electrons. The van der Waals surface area contributed by atoms with Gasteiger partial charge in [0.2, 0.25) is 5.91 Å². The summed E-state index contributed by atoms with van der Waals surface area (Å²) in [6, 6.07) is 10.1. The molecule has 104 valence electrons. The maximum absolute atomic E-state index is 12.0. The van der Waals surface area contributed by atoms with E-state index in [0.717, 1.165) is 25.3 Å². The highest BCUT2D eigenvalue weighted by Gasteiger charge is 2.26. The van der Waals surface area contributed by atoms with Crippen LogP contribution in [0.4, 0.5) is 0 Å². The van der Waals surface area contributed by atoms with Gasteiger partial charge in [0.25, 0.3) is 0 Å². The minimum Gasteiger partial charge on any atom is -0.493 e. The van der Waals surface area contributed by atoms with Gasteiger partial charge >= 0.3 is 0 Å². The molecule has 1 aliphatic rings. The Balaban J connectivity index is 1.71. The number of para-hydroxylation sites is 1. The molecule has 1 aromatic carbocycles. The fraction of sp³-hybridized carbons (Fsp3) is 0.533. The van der Waals surface area contributed by atoms with E-state index < -0.39 is 0 Å². The number of nitrogens with zero attached hydrogens (tertiary/aromatic N) is 2. The van der Waals surface area contributed by atoms with Crippen molar-refractivity contribution in [3.63, 3.8) is 0 Å². The Kier molecular flexibility index (Phi) is 4.80. The lowest BCUT2D eigenvalue weighted by molar-refractivity contribution is -0.130. The molecular weight excluding hydrogens is 240 g/mol. The van der Waals surface area contributed by atoms with Crippen molar-refractivity contribution in [1.82, 2.24) is 9.80 Å². The fourth-order valence-electron chi connectivity index (χ4n) is 2.32. The predicted octanol–water partition coefficient (Wildman–Crippen LogP) is 1.62. The molecule has 1 heterocycles. The zero-order valence-electron chi connectivity index (χ0n) is 11.7. The second-order valence-corrected chi connectivity index (χ2v) is 5.16. The van der Waals surface area contributed by atoms with Crippen LogP contribution in [0.3, 0.4) is 0 Å². The normalized spacial score (nSPS) is 18.9.